The molecule has 12 heterocycles. The molecular formula is C64H104N12O42. The third-order valence-electron chi connectivity index (χ3n) is 20.7. The smallest absolute Gasteiger partial charge is 0.187 e. The number of nitrogens with zero attached hydrogens (tertiary/aromatic N) is 12. The minimum Gasteiger partial charge on any atom is -0.394 e. The van der Waals surface area contributed by atoms with Gasteiger partial charge in [0.1, 0.15) is 212 Å². The van der Waals surface area contributed by atoms with Gasteiger partial charge in [0, 0.05) is 12.8 Å². The van der Waals surface area contributed by atoms with E-state index in [2.05, 4.69) is 41.2 Å². The standard InChI is InChI=1S/C35H55N9O21.C29H49N3O21/c1-13-4-42(39-36-13)2-3-43-5-14(37-40-43)11-58-32-26(54)22(50)20(48)16(60-32)7-44-6-15(38-41-44)12-59-33-28(56)24(52)30(18(9-46)62-33)65-35-29(57)25(53)31(19(10-47)63-35)64-34-27(55)23(51)21(49)17(8-45)61-34;1-2-46-26-20(42)16(38)14(36)10(48-26)4-32-3-9(30-31-32)8-47-27-22(44)18(40)24(12(6-34)50-27)53-29-23(45)19(41)25(13(7-35)51-29)52-28-21(43)17(39)15(37)11(5-33)49-28/h4-6,16-35,45-57H,2-3,7-12H2,1H3;3,10-29,33-45H,2,4-8H2,1H3/t16-,17?,18?,19?,20+,21-,22+,23+,24-,25-,26+,27?,28?,29?,30-,31-,32-,33-,34-,35-;10-,11?,12?,13?,14-,15+,16+,17-,18+,19+,20+,21?,22?,23?,24+,25+,26+,27+,28+,29+/m10/s1. The van der Waals surface area contributed by atoms with Gasteiger partial charge in [-0.05, 0) is 13.8 Å². The molecule has 40 atom stereocenters. The van der Waals surface area contributed by atoms with Gasteiger partial charge in [-0.25, -0.2) is 9.36 Å². The summed E-state index contributed by atoms with van der Waals surface area (Å²) in [5.74, 6) is 0. The second-order valence-corrected chi connectivity index (χ2v) is 29.0. The van der Waals surface area contributed by atoms with Crippen LogP contribution in [-0.4, -0.2) is 485 Å². The number of aryl methyl sites for hydroxylation is 3. The van der Waals surface area contributed by atoms with Crippen LogP contribution in [0.1, 0.15) is 29.7 Å². The van der Waals surface area contributed by atoms with Crippen LogP contribution in [0.2, 0.25) is 0 Å². The van der Waals surface area contributed by atoms with Gasteiger partial charge in [0.2, 0.25) is 0 Å². The number of rotatable bonds is 32. The van der Waals surface area contributed by atoms with Gasteiger partial charge in [0.15, 0.2) is 50.3 Å². The van der Waals surface area contributed by atoms with Crippen LogP contribution < -0.4 is 0 Å². The Morgan fingerprint density at radius 1 is 0.271 bits per heavy atom. The lowest BCUT2D eigenvalue weighted by Crippen LogP contribution is -2.66. The molecule has 0 aliphatic carbocycles. The minimum absolute atomic E-state index is 0.115. The lowest BCUT2D eigenvalue weighted by atomic mass is 9.96. The summed E-state index contributed by atoms with van der Waals surface area (Å²) < 4.78 is 94.7. The van der Waals surface area contributed by atoms with Crippen molar-refractivity contribution in [3.63, 3.8) is 0 Å². The van der Waals surface area contributed by atoms with Crippen LogP contribution in [-0.2, 0) is 122 Å². The Bertz CT molecular complexity index is 3630. The Morgan fingerprint density at radius 3 is 0.814 bits per heavy atom. The first-order valence-corrected chi connectivity index (χ1v) is 37.5. The molecule has 672 valence electrons. The largest absolute Gasteiger partial charge is 0.394 e. The fraction of sp³-hybridized carbons (Fsp3) is 0.875. The van der Waals surface area contributed by atoms with E-state index in [9.17, 15) is 133 Å². The number of aromatic nitrogens is 12. The Kier molecular flexibility index (Phi) is 33.3. The van der Waals surface area contributed by atoms with Crippen molar-refractivity contribution in [3.05, 3.63) is 47.6 Å². The Balaban J connectivity index is 0.000000236. The van der Waals surface area contributed by atoms with Crippen molar-refractivity contribution in [2.75, 3.05) is 46.2 Å². The van der Waals surface area contributed by atoms with Gasteiger partial charge in [0.05, 0.1) is 110 Å². The first kappa shape index (κ1) is 93.6. The predicted octanol–water partition coefficient (Wildman–Crippen LogP) is -18.5. The molecule has 54 heteroatoms. The van der Waals surface area contributed by atoms with Crippen molar-refractivity contribution >= 4 is 0 Å². The maximum absolute atomic E-state index is 11.1. The number of hydrogen-bond acceptors (Lipinski definition) is 50. The number of hydrogen-bond donors (Lipinski definition) is 26. The normalized spacial score (nSPS) is 43.2. The van der Waals surface area contributed by atoms with E-state index in [1.807, 2.05) is 6.92 Å². The van der Waals surface area contributed by atoms with Gasteiger partial charge in [-0.15, -0.1) is 20.4 Å². The Hall–Kier alpha value is -5.12. The molecule has 26 N–H and O–H groups in total. The fourth-order valence-corrected chi connectivity index (χ4v) is 14.0. The molecule has 54 nitrogen and oxygen atoms in total. The summed E-state index contributed by atoms with van der Waals surface area (Å²) >= 11 is 0. The first-order valence-electron chi connectivity index (χ1n) is 37.5. The molecule has 0 bridgehead atoms. The molecule has 8 aliphatic rings. The van der Waals surface area contributed by atoms with Gasteiger partial charge in [-0.3, -0.25) is 9.36 Å². The molecule has 0 saturated carbocycles. The van der Waals surface area contributed by atoms with E-state index in [1.54, 1.807) is 28.7 Å². The third-order valence-corrected chi connectivity index (χ3v) is 20.7. The molecule has 0 radical (unpaired) electrons. The average Bonchev–Trinajstić information content (AvgIpc) is 0.842. The van der Waals surface area contributed by atoms with Crippen LogP contribution in [0.3, 0.4) is 0 Å². The van der Waals surface area contributed by atoms with Gasteiger partial charge >= 0.3 is 0 Å². The molecule has 12 rings (SSSR count). The first-order chi connectivity index (χ1) is 56.3. The molecular weight excluding hydrogens is 1610 g/mol. The van der Waals surface area contributed by atoms with Crippen molar-refractivity contribution in [2.45, 2.75) is 305 Å². The van der Waals surface area contributed by atoms with E-state index < -0.39 is 285 Å². The van der Waals surface area contributed by atoms with Crippen LogP contribution in [0.4, 0.5) is 0 Å². The summed E-state index contributed by atoms with van der Waals surface area (Å²) in [4.78, 5) is 0. The summed E-state index contributed by atoms with van der Waals surface area (Å²) in [7, 11) is 0. The number of aliphatic hydroxyl groups is 26. The quantitative estimate of drug-likeness (QED) is 0.0216. The highest BCUT2D eigenvalue weighted by Gasteiger charge is 2.57. The maximum atomic E-state index is 11.1. The van der Waals surface area contributed by atoms with Gasteiger partial charge in [-0.2, -0.15) is 0 Å². The van der Waals surface area contributed by atoms with E-state index in [0.29, 0.717) is 18.8 Å². The van der Waals surface area contributed by atoms with Gasteiger partial charge in [0.25, 0.3) is 0 Å². The SMILES string of the molecule is CCO[C@@H]1O[C@@H](Cn2cc(CO[C@@H]3OC(CO)[C@@H](O[C@H]4OC(CO)[C@@H](O[C@H]5OC(CO)[C@@H](O)[C@H](O)C5O)[C@H](O)C4O)[C@H](O)C3O)nn2)[C@H](O)[C@@H](O)[C@H]1O.Cc1cn(CCn2cc(CO[C@@H]3O[C@H](Cn4cc(CO[C@@H]5OC(CO)[C@@H](O[C@H]6OC(CO)[C@@H](O[C@H]7OC(CO)[C@@H](O)[C@H](O)C7O)[C@H](O)C6O)[C@H](O)C5O)nn4)[C@H](O)[C@H](O)[C@@H]3O)nn2)nn1. The average molecular weight is 1710 g/mol. The predicted molar refractivity (Wildman–Crippen MR) is 362 cm³/mol. The molecule has 4 aromatic heterocycles. The Morgan fingerprint density at radius 2 is 0.508 bits per heavy atom. The van der Waals surface area contributed by atoms with Crippen molar-refractivity contribution in [1.29, 1.82) is 0 Å². The summed E-state index contributed by atoms with van der Waals surface area (Å²) in [5.41, 5.74) is 1.50. The van der Waals surface area contributed by atoms with E-state index in [1.165, 1.54) is 21.8 Å². The van der Waals surface area contributed by atoms with Crippen LogP contribution in [0.25, 0.3) is 0 Å². The van der Waals surface area contributed by atoms with Gasteiger partial charge < -0.3 is 209 Å². The molecule has 12 unspecified atom stereocenters. The number of aliphatic hydroxyl groups excluding tert-OH is 26. The summed E-state index contributed by atoms with van der Waals surface area (Å²) in [5, 5.41) is 302. The van der Waals surface area contributed by atoms with E-state index >= 15 is 0 Å². The fourth-order valence-electron chi connectivity index (χ4n) is 14.0. The number of ether oxygens (including phenoxy) is 16. The molecule has 8 fully saturated rings. The highest BCUT2D eigenvalue weighted by molar-refractivity contribution is 5.02. The van der Waals surface area contributed by atoms with Crippen molar-refractivity contribution in [1.82, 2.24) is 60.0 Å². The molecule has 118 heavy (non-hydrogen) atoms. The lowest BCUT2D eigenvalue weighted by Gasteiger charge is -2.48. The Labute approximate surface area is 666 Å². The summed E-state index contributed by atoms with van der Waals surface area (Å²) in [6.07, 6.45) is -59.6. The maximum Gasteiger partial charge on any atom is 0.187 e. The molecule has 8 aliphatic heterocycles. The van der Waals surface area contributed by atoms with Crippen LogP contribution in [0, 0.1) is 6.92 Å². The zero-order valence-corrected chi connectivity index (χ0v) is 62.8. The molecule has 8 saturated heterocycles. The lowest BCUT2D eigenvalue weighted by molar-refractivity contribution is -0.379. The van der Waals surface area contributed by atoms with Crippen LogP contribution >= 0.6 is 0 Å². The zero-order valence-electron chi connectivity index (χ0n) is 62.8. The van der Waals surface area contributed by atoms with E-state index in [4.69, 9.17) is 75.8 Å². The zero-order chi connectivity index (χ0) is 85.4. The summed E-state index contributed by atoms with van der Waals surface area (Å²) in [6, 6.07) is 0. The molecule has 0 amide bonds. The van der Waals surface area contributed by atoms with Crippen LogP contribution in [0.15, 0.2) is 24.8 Å². The summed E-state index contributed by atoms with van der Waals surface area (Å²) in [6.45, 7) is -1.56. The van der Waals surface area contributed by atoms with Crippen molar-refractivity contribution in [3.8, 4) is 0 Å². The topological polar surface area (TPSA) is 797 Å². The van der Waals surface area contributed by atoms with E-state index in [-0.39, 0.29) is 50.9 Å². The highest BCUT2D eigenvalue weighted by Crippen LogP contribution is 2.37. The van der Waals surface area contributed by atoms with Crippen LogP contribution in [0.5, 0.6) is 0 Å². The third kappa shape index (κ3) is 21.4. The highest BCUT2D eigenvalue weighted by atomic mass is 16.8. The monoisotopic (exact) mass is 1710 g/mol. The van der Waals surface area contributed by atoms with E-state index in [0.717, 1.165) is 5.69 Å². The molecule has 4 aromatic rings. The second kappa shape index (κ2) is 42.0. The minimum atomic E-state index is -2.00. The second-order valence-electron chi connectivity index (χ2n) is 29.0. The van der Waals surface area contributed by atoms with Gasteiger partial charge in [-0.1, -0.05) is 20.9 Å². The van der Waals surface area contributed by atoms with Crippen molar-refractivity contribution < 1.29 is 209 Å². The molecule has 0 aromatic carbocycles. The molecule has 0 spiro atoms. The van der Waals surface area contributed by atoms with Crippen molar-refractivity contribution in [2.24, 2.45) is 0 Å².